The van der Waals surface area contributed by atoms with E-state index in [2.05, 4.69) is 11.4 Å². The Labute approximate surface area is 182 Å². The molecule has 1 unspecified atom stereocenters. The molecule has 0 fully saturated rings. The molecule has 0 spiro atoms. The topological polar surface area (TPSA) is 52.0 Å². The minimum absolute atomic E-state index is 0.0210. The largest absolute Gasteiger partial charge is 0.493 e. The molecule has 0 saturated carbocycles. The number of methoxy groups -OCH3 is 1. The standard InChI is InChI=1S/C24H28N2O3S/c1-4-29-20-13-12-18(15-21(20)28-3)16-26(2)17-23(27)25-24(22-11-8-14-30-22)19-9-6-5-7-10-19/h5-15,24H,4,16-17H2,1-3H3,(H,25,27)/p+1/t24-/m1/s1. The van der Waals surface area contributed by atoms with Crippen LogP contribution in [0.1, 0.15) is 29.0 Å². The maximum Gasteiger partial charge on any atom is 0.275 e. The number of quaternary nitrogens is 1. The summed E-state index contributed by atoms with van der Waals surface area (Å²) >= 11 is 1.65. The van der Waals surface area contributed by atoms with Crippen molar-refractivity contribution < 1.29 is 19.2 Å². The van der Waals surface area contributed by atoms with Gasteiger partial charge in [0.05, 0.1) is 26.8 Å². The van der Waals surface area contributed by atoms with Gasteiger partial charge >= 0.3 is 0 Å². The molecule has 5 nitrogen and oxygen atoms in total. The van der Waals surface area contributed by atoms with Crippen LogP contribution in [0, 0.1) is 0 Å². The number of hydrogen-bond acceptors (Lipinski definition) is 4. The predicted molar refractivity (Wildman–Crippen MR) is 120 cm³/mol. The van der Waals surface area contributed by atoms with Crippen LogP contribution in [0.5, 0.6) is 11.5 Å². The van der Waals surface area contributed by atoms with Gasteiger partial charge in [0, 0.05) is 10.4 Å². The van der Waals surface area contributed by atoms with Crippen LogP contribution in [0.25, 0.3) is 0 Å². The highest BCUT2D eigenvalue weighted by Gasteiger charge is 2.20. The molecule has 1 aromatic heterocycles. The second-order valence-electron chi connectivity index (χ2n) is 7.16. The minimum Gasteiger partial charge on any atom is -0.493 e. The molecule has 3 rings (SSSR count). The van der Waals surface area contributed by atoms with Crippen LogP contribution in [-0.4, -0.2) is 33.2 Å². The van der Waals surface area contributed by atoms with Crippen molar-refractivity contribution in [3.05, 3.63) is 82.0 Å². The lowest BCUT2D eigenvalue weighted by atomic mass is 10.1. The minimum atomic E-state index is -0.128. The van der Waals surface area contributed by atoms with Gasteiger partial charge < -0.3 is 19.7 Å². The Morgan fingerprint density at radius 2 is 1.90 bits per heavy atom. The average Bonchev–Trinajstić information content (AvgIpc) is 3.28. The molecule has 158 valence electrons. The summed E-state index contributed by atoms with van der Waals surface area (Å²) in [5.74, 6) is 1.47. The van der Waals surface area contributed by atoms with E-state index in [0.29, 0.717) is 25.4 Å². The molecule has 0 aliphatic heterocycles. The first-order valence-corrected chi connectivity index (χ1v) is 11.0. The quantitative estimate of drug-likeness (QED) is 0.525. The van der Waals surface area contributed by atoms with E-state index in [9.17, 15) is 4.79 Å². The van der Waals surface area contributed by atoms with Gasteiger partial charge in [0.2, 0.25) is 0 Å². The molecule has 1 heterocycles. The third-order valence-corrected chi connectivity index (χ3v) is 5.70. The first kappa shape index (κ1) is 21.9. The van der Waals surface area contributed by atoms with E-state index in [0.717, 1.165) is 26.7 Å². The molecule has 0 aliphatic rings. The van der Waals surface area contributed by atoms with Crippen molar-refractivity contribution in [3.63, 3.8) is 0 Å². The Kier molecular flexibility index (Phi) is 7.88. The summed E-state index contributed by atoms with van der Waals surface area (Å²) in [7, 11) is 3.66. The second kappa shape index (κ2) is 10.8. The zero-order chi connectivity index (χ0) is 21.3. The Morgan fingerprint density at radius 1 is 1.10 bits per heavy atom. The molecule has 0 bridgehead atoms. The van der Waals surface area contributed by atoms with E-state index in [1.54, 1.807) is 18.4 Å². The normalized spacial score (nSPS) is 12.8. The molecular weight excluding hydrogens is 396 g/mol. The number of thiophene rings is 1. The lowest BCUT2D eigenvalue weighted by Gasteiger charge is -2.20. The molecule has 2 N–H and O–H groups in total. The van der Waals surface area contributed by atoms with Gasteiger partial charge in [0.25, 0.3) is 5.91 Å². The summed E-state index contributed by atoms with van der Waals surface area (Å²) < 4.78 is 11.0. The number of likely N-dealkylation sites (N-methyl/N-ethyl adjacent to an activating group) is 1. The van der Waals surface area contributed by atoms with Gasteiger partial charge in [-0.15, -0.1) is 11.3 Å². The Balaban J connectivity index is 1.63. The number of nitrogens with one attached hydrogen (secondary N) is 2. The van der Waals surface area contributed by atoms with Crippen LogP contribution in [-0.2, 0) is 11.3 Å². The Morgan fingerprint density at radius 3 is 2.57 bits per heavy atom. The lowest BCUT2D eigenvalue weighted by molar-refractivity contribution is -0.885. The van der Waals surface area contributed by atoms with Gasteiger partial charge in [-0.3, -0.25) is 4.79 Å². The van der Waals surface area contributed by atoms with Crippen LogP contribution in [0.4, 0.5) is 0 Å². The van der Waals surface area contributed by atoms with Gasteiger partial charge in [-0.1, -0.05) is 36.4 Å². The van der Waals surface area contributed by atoms with Crippen LogP contribution in [0.3, 0.4) is 0 Å². The average molecular weight is 426 g/mol. The Bertz CT molecular complexity index is 929. The van der Waals surface area contributed by atoms with Crippen molar-refractivity contribution >= 4 is 17.2 Å². The molecule has 3 aromatic rings. The fourth-order valence-corrected chi connectivity index (χ4v) is 4.22. The van der Waals surface area contributed by atoms with Gasteiger partial charge in [-0.05, 0) is 42.1 Å². The Hall–Kier alpha value is -2.83. The van der Waals surface area contributed by atoms with Crippen LogP contribution in [0.2, 0.25) is 0 Å². The summed E-state index contributed by atoms with van der Waals surface area (Å²) in [6.45, 7) is 3.63. The van der Waals surface area contributed by atoms with E-state index >= 15 is 0 Å². The molecule has 1 amide bonds. The third-order valence-electron chi connectivity index (χ3n) is 4.76. The highest BCUT2D eigenvalue weighted by molar-refractivity contribution is 7.10. The number of benzene rings is 2. The van der Waals surface area contributed by atoms with Gasteiger partial charge in [-0.2, -0.15) is 0 Å². The summed E-state index contributed by atoms with van der Waals surface area (Å²) in [5, 5.41) is 5.24. The van der Waals surface area contributed by atoms with Gasteiger partial charge in [0.15, 0.2) is 18.0 Å². The van der Waals surface area contributed by atoms with Gasteiger partial charge in [-0.25, -0.2) is 0 Å². The monoisotopic (exact) mass is 425 g/mol. The molecule has 6 heteroatoms. The number of hydrogen-bond donors (Lipinski definition) is 2. The van der Waals surface area contributed by atoms with E-state index in [1.165, 1.54) is 0 Å². The summed E-state index contributed by atoms with van der Waals surface area (Å²) in [6, 6.07) is 19.9. The van der Waals surface area contributed by atoms with E-state index < -0.39 is 0 Å². The van der Waals surface area contributed by atoms with Crippen LogP contribution >= 0.6 is 11.3 Å². The van der Waals surface area contributed by atoms with E-state index in [-0.39, 0.29) is 11.9 Å². The second-order valence-corrected chi connectivity index (χ2v) is 8.13. The maximum absolute atomic E-state index is 12.8. The van der Waals surface area contributed by atoms with Crippen molar-refractivity contribution in [1.29, 1.82) is 0 Å². The van der Waals surface area contributed by atoms with Gasteiger partial charge in [0.1, 0.15) is 6.54 Å². The maximum atomic E-state index is 12.8. The first-order chi connectivity index (χ1) is 14.6. The number of ether oxygens (including phenoxy) is 2. The highest BCUT2D eigenvalue weighted by atomic mass is 32.1. The molecule has 0 radical (unpaired) electrons. The van der Waals surface area contributed by atoms with E-state index in [1.807, 2.05) is 73.9 Å². The van der Waals surface area contributed by atoms with Crippen molar-refractivity contribution in [2.24, 2.45) is 0 Å². The lowest BCUT2D eigenvalue weighted by Crippen LogP contribution is -3.08. The predicted octanol–water partition coefficient (Wildman–Crippen LogP) is 3.08. The third kappa shape index (κ3) is 5.84. The van der Waals surface area contributed by atoms with Crippen molar-refractivity contribution in [3.8, 4) is 11.5 Å². The zero-order valence-corrected chi connectivity index (χ0v) is 18.5. The van der Waals surface area contributed by atoms with Crippen molar-refractivity contribution in [2.75, 3.05) is 27.3 Å². The number of rotatable bonds is 10. The highest BCUT2D eigenvalue weighted by Crippen LogP contribution is 2.28. The summed E-state index contributed by atoms with van der Waals surface area (Å²) in [5.41, 5.74) is 2.18. The molecule has 2 aromatic carbocycles. The summed E-state index contributed by atoms with van der Waals surface area (Å²) in [4.78, 5) is 15.0. The van der Waals surface area contributed by atoms with Crippen molar-refractivity contribution in [2.45, 2.75) is 19.5 Å². The smallest absolute Gasteiger partial charge is 0.275 e. The number of carbonyl (C=O) groups excluding carboxylic acids is 1. The molecular formula is C24H29N2O3S+. The fraction of sp³-hybridized carbons (Fsp3) is 0.292. The summed E-state index contributed by atoms with van der Waals surface area (Å²) in [6.07, 6.45) is 0. The number of amides is 1. The molecule has 0 aliphatic carbocycles. The van der Waals surface area contributed by atoms with Crippen LogP contribution < -0.4 is 19.7 Å². The van der Waals surface area contributed by atoms with Crippen LogP contribution in [0.15, 0.2) is 66.0 Å². The molecule has 30 heavy (non-hydrogen) atoms. The van der Waals surface area contributed by atoms with E-state index in [4.69, 9.17) is 9.47 Å². The van der Waals surface area contributed by atoms with Crippen molar-refractivity contribution in [1.82, 2.24) is 5.32 Å². The number of carbonyl (C=O) groups is 1. The zero-order valence-electron chi connectivity index (χ0n) is 17.7. The molecule has 0 saturated heterocycles. The fourth-order valence-electron chi connectivity index (χ4n) is 3.41. The SMILES string of the molecule is CCOc1ccc(C[NH+](C)CC(=O)N[C@H](c2ccccc2)c2cccs2)cc1OC. The first-order valence-electron chi connectivity index (χ1n) is 10.1. The molecule has 2 atom stereocenters.